The number of carbonyl (C=O) groups is 1. The van der Waals surface area contributed by atoms with Gasteiger partial charge >= 0.3 is 0 Å². The summed E-state index contributed by atoms with van der Waals surface area (Å²) in [4.78, 5) is 18.5. The van der Waals surface area contributed by atoms with E-state index < -0.39 is 0 Å². The van der Waals surface area contributed by atoms with Crippen LogP contribution in [0.2, 0.25) is 0 Å². The van der Waals surface area contributed by atoms with Crippen molar-refractivity contribution in [3.05, 3.63) is 35.3 Å². The fourth-order valence-corrected chi connectivity index (χ4v) is 5.36. The van der Waals surface area contributed by atoms with Crippen LogP contribution in [-0.2, 0) is 0 Å². The van der Waals surface area contributed by atoms with E-state index in [1.165, 1.54) is 24.2 Å². The molecule has 0 radical (unpaired) electrons. The molecule has 2 N–H and O–H groups in total. The van der Waals surface area contributed by atoms with Crippen molar-refractivity contribution in [3.8, 4) is 5.88 Å². The van der Waals surface area contributed by atoms with Crippen molar-refractivity contribution in [3.63, 3.8) is 0 Å². The van der Waals surface area contributed by atoms with Gasteiger partial charge in [-0.15, -0.1) is 11.3 Å². The van der Waals surface area contributed by atoms with Crippen molar-refractivity contribution in [1.82, 2.24) is 15.6 Å². The number of thiophene rings is 1. The second kappa shape index (κ2) is 6.74. The molecule has 4 rings (SSSR count). The number of fused-ring (bicyclic) bond motifs is 2. The summed E-state index contributed by atoms with van der Waals surface area (Å²) in [6.45, 7) is 0. The van der Waals surface area contributed by atoms with Gasteiger partial charge < -0.3 is 15.4 Å². The van der Waals surface area contributed by atoms with E-state index in [0.29, 0.717) is 18.0 Å². The minimum atomic E-state index is 0.0408. The molecule has 7 heteroatoms. The van der Waals surface area contributed by atoms with Crippen LogP contribution in [0.5, 0.6) is 5.88 Å². The highest BCUT2D eigenvalue weighted by molar-refractivity contribution is 8.01. The number of methoxy groups -OCH3 is 1. The summed E-state index contributed by atoms with van der Waals surface area (Å²) in [5.74, 6) is 0.643. The lowest BCUT2D eigenvalue weighted by molar-refractivity contribution is 0.0935. The number of hydrogen-bond acceptors (Lipinski definition) is 6. The van der Waals surface area contributed by atoms with E-state index in [2.05, 4.69) is 15.6 Å². The second-order valence-corrected chi connectivity index (χ2v) is 8.58. The number of pyridine rings is 1. The van der Waals surface area contributed by atoms with Crippen molar-refractivity contribution in [2.45, 2.75) is 46.5 Å². The molecule has 2 bridgehead atoms. The molecular formula is C17H19N3O2S2. The van der Waals surface area contributed by atoms with Gasteiger partial charge in [-0.2, -0.15) is 0 Å². The van der Waals surface area contributed by atoms with Gasteiger partial charge in [-0.3, -0.25) is 4.79 Å². The average molecular weight is 361 g/mol. The van der Waals surface area contributed by atoms with Crippen LogP contribution in [0.25, 0.3) is 0 Å². The first-order valence-corrected chi connectivity index (χ1v) is 9.69. The smallest absolute Gasteiger partial charge is 0.261 e. The van der Waals surface area contributed by atoms with Gasteiger partial charge in [-0.25, -0.2) is 4.98 Å². The standard InChI is InChI=1S/C17H19N3O2S2/c1-22-15-6-3-11(9-18-15)23-16-7-5-14(24-16)17(21)20-13-8-10-2-4-12(13)19-10/h3,5-7,9-10,12-13,19H,2,4,8H2,1H3,(H,20,21). The minimum absolute atomic E-state index is 0.0408. The fourth-order valence-electron chi connectivity index (χ4n) is 3.38. The van der Waals surface area contributed by atoms with Gasteiger partial charge in [0, 0.05) is 35.3 Å². The van der Waals surface area contributed by atoms with Gasteiger partial charge in [0.1, 0.15) is 0 Å². The van der Waals surface area contributed by atoms with Gasteiger partial charge in [0.05, 0.1) is 16.2 Å². The van der Waals surface area contributed by atoms with Crippen molar-refractivity contribution in [2.24, 2.45) is 0 Å². The molecule has 2 aliphatic rings. The van der Waals surface area contributed by atoms with Crippen LogP contribution in [0.3, 0.4) is 0 Å². The molecule has 0 spiro atoms. The van der Waals surface area contributed by atoms with E-state index in [0.717, 1.165) is 20.4 Å². The second-order valence-electron chi connectivity index (χ2n) is 6.12. The highest BCUT2D eigenvalue weighted by Gasteiger charge is 2.39. The summed E-state index contributed by atoms with van der Waals surface area (Å²) < 4.78 is 6.15. The lowest BCUT2D eigenvalue weighted by atomic mass is 9.95. The van der Waals surface area contributed by atoms with Crippen molar-refractivity contribution in [1.29, 1.82) is 0 Å². The van der Waals surface area contributed by atoms with Crippen LogP contribution < -0.4 is 15.4 Å². The normalized spacial score (nSPS) is 25.0. The van der Waals surface area contributed by atoms with Gasteiger partial charge in [-0.05, 0) is 37.5 Å². The van der Waals surface area contributed by atoms with Gasteiger partial charge in [-0.1, -0.05) is 11.8 Å². The summed E-state index contributed by atoms with van der Waals surface area (Å²) in [6, 6.07) is 9.03. The van der Waals surface area contributed by atoms with Gasteiger partial charge in [0.15, 0.2) is 0 Å². The Kier molecular flexibility index (Phi) is 4.47. The lowest BCUT2D eigenvalue weighted by Crippen LogP contribution is -2.42. The molecule has 2 saturated heterocycles. The third-order valence-electron chi connectivity index (χ3n) is 4.56. The van der Waals surface area contributed by atoms with E-state index in [1.54, 1.807) is 25.1 Å². The van der Waals surface area contributed by atoms with E-state index in [9.17, 15) is 4.79 Å². The number of ether oxygens (including phenoxy) is 1. The lowest BCUT2D eigenvalue weighted by Gasteiger charge is -2.20. The predicted molar refractivity (Wildman–Crippen MR) is 95.0 cm³/mol. The van der Waals surface area contributed by atoms with Crippen molar-refractivity contribution >= 4 is 29.0 Å². The number of nitrogens with zero attached hydrogens (tertiary/aromatic N) is 1. The topological polar surface area (TPSA) is 63.2 Å². The highest BCUT2D eigenvalue weighted by atomic mass is 32.2. The zero-order chi connectivity index (χ0) is 16.5. The molecule has 4 heterocycles. The van der Waals surface area contributed by atoms with Crippen LogP contribution in [0.4, 0.5) is 0 Å². The Bertz CT molecular complexity index is 732. The number of amides is 1. The number of aromatic nitrogens is 1. The molecule has 0 aromatic carbocycles. The van der Waals surface area contributed by atoms with Crippen LogP contribution in [0, 0.1) is 0 Å². The third kappa shape index (κ3) is 3.29. The minimum Gasteiger partial charge on any atom is -0.481 e. The van der Waals surface area contributed by atoms with E-state index in [-0.39, 0.29) is 11.9 Å². The first kappa shape index (κ1) is 15.9. The quantitative estimate of drug-likeness (QED) is 0.857. The van der Waals surface area contributed by atoms with E-state index in [4.69, 9.17) is 4.74 Å². The van der Waals surface area contributed by atoms with Crippen LogP contribution >= 0.6 is 23.1 Å². The maximum atomic E-state index is 12.5. The largest absolute Gasteiger partial charge is 0.481 e. The van der Waals surface area contributed by atoms with Crippen LogP contribution in [0.1, 0.15) is 28.9 Å². The Balaban J connectivity index is 1.37. The molecule has 2 aromatic rings. The van der Waals surface area contributed by atoms with Gasteiger partial charge in [0.25, 0.3) is 5.91 Å². The Morgan fingerprint density at radius 2 is 2.29 bits per heavy atom. The summed E-state index contributed by atoms with van der Waals surface area (Å²) in [7, 11) is 1.60. The Labute approximate surface area is 149 Å². The monoisotopic (exact) mass is 361 g/mol. The molecule has 0 saturated carbocycles. The average Bonchev–Trinajstić information content (AvgIpc) is 3.32. The Morgan fingerprint density at radius 3 is 2.96 bits per heavy atom. The highest BCUT2D eigenvalue weighted by Crippen LogP contribution is 2.34. The summed E-state index contributed by atoms with van der Waals surface area (Å²) >= 11 is 3.13. The molecule has 126 valence electrons. The molecule has 2 aromatic heterocycles. The SMILES string of the molecule is COc1ccc(Sc2ccc(C(=O)NC3CC4CCC3N4)s2)cn1. The molecule has 0 aliphatic carbocycles. The first-order chi connectivity index (χ1) is 11.7. The van der Waals surface area contributed by atoms with E-state index in [1.807, 2.05) is 24.3 Å². The molecule has 24 heavy (non-hydrogen) atoms. The molecule has 2 aliphatic heterocycles. The maximum absolute atomic E-state index is 12.5. The number of carbonyl (C=O) groups excluding carboxylic acids is 1. The molecule has 2 fully saturated rings. The molecular weight excluding hydrogens is 342 g/mol. The summed E-state index contributed by atoms with van der Waals surface area (Å²) in [5, 5.41) is 6.74. The summed E-state index contributed by atoms with van der Waals surface area (Å²) in [5.41, 5.74) is 0. The summed E-state index contributed by atoms with van der Waals surface area (Å²) in [6.07, 6.45) is 5.25. The molecule has 5 nitrogen and oxygen atoms in total. The third-order valence-corrected chi connectivity index (χ3v) is 6.75. The number of nitrogens with one attached hydrogen (secondary N) is 2. The Morgan fingerprint density at radius 1 is 1.38 bits per heavy atom. The molecule has 3 unspecified atom stereocenters. The Hall–Kier alpha value is -1.57. The molecule has 3 atom stereocenters. The fraction of sp³-hybridized carbons (Fsp3) is 0.412. The number of hydrogen-bond donors (Lipinski definition) is 2. The maximum Gasteiger partial charge on any atom is 0.261 e. The molecule has 1 amide bonds. The van der Waals surface area contributed by atoms with Crippen molar-refractivity contribution < 1.29 is 9.53 Å². The predicted octanol–water partition coefficient (Wildman–Crippen LogP) is 2.93. The van der Waals surface area contributed by atoms with Gasteiger partial charge in [0.2, 0.25) is 5.88 Å². The van der Waals surface area contributed by atoms with Crippen LogP contribution in [0.15, 0.2) is 39.6 Å². The van der Waals surface area contributed by atoms with Crippen LogP contribution in [-0.4, -0.2) is 36.1 Å². The number of rotatable bonds is 5. The first-order valence-electron chi connectivity index (χ1n) is 8.06. The zero-order valence-corrected chi connectivity index (χ0v) is 15.0. The zero-order valence-electron chi connectivity index (χ0n) is 13.3. The van der Waals surface area contributed by atoms with E-state index >= 15 is 0 Å². The van der Waals surface area contributed by atoms with Crippen molar-refractivity contribution in [2.75, 3.05) is 7.11 Å².